The summed E-state index contributed by atoms with van der Waals surface area (Å²) in [4.78, 5) is 0. The van der Waals surface area contributed by atoms with Crippen molar-refractivity contribution in [2.24, 2.45) is 0 Å². The van der Waals surface area contributed by atoms with Crippen molar-refractivity contribution in [1.82, 2.24) is 5.32 Å². The van der Waals surface area contributed by atoms with E-state index in [0.717, 1.165) is 25.7 Å². The van der Waals surface area contributed by atoms with Crippen molar-refractivity contribution in [2.75, 3.05) is 6.61 Å². The van der Waals surface area contributed by atoms with E-state index in [2.05, 4.69) is 19.2 Å². The second-order valence-corrected chi connectivity index (χ2v) is 5.06. The molecule has 1 rings (SSSR count). The zero-order valence-electron chi connectivity index (χ0n) is 10.4. The fourth-order valence-electron chi connectivity index (χ4n) is 2.93. The molecule has 2 N–H and O–H groups in total. The lowest BCUT2D eigenvalue weighted by atomic mass is 9.88. The van der Waals surface area contributed by atoms with E-state index in [9.17, 15) is 5.11 Å². The van der Waals surface area contributed by atoms with E-state index in [4.69, 9.17) is 0 Å². The number of hydrogen-bond donors (Lipinski definition) is 2. The van der Waals surface area contributed by atoms with Crippen LogP contribution in [0.2, 0.25) is 0 Å². The smallest absolute Gasteiger partial charge is 0.0613 e. The van der Waals surface area contributed by atoms with Crippen molar-refractivity contribution in [3.8, 4) is 0 Å². The SMILES string of the molecule is CCCC(CO)(CCC)NC1CCCC1. The lowest BCUT2D eigenvalue weighted by Gasteiger charge is -2.36. The topological polar surface area (TPSA) is 32.3 Å². The van der Waals surface area contributed by atoms with E-state index < -0.39 is 0 Å². The average molecular weight is 213 g/mol. The van der Waals surface area contributed by atoms with Crippen LogP contribution in [0.25, 0.3) is 0 Å². The van der Waals surface area contributed by atoms with E-state index in [1.165, 1.54) is 25.7 Å². The maximum Gasteiger partial charge on any atom is 0.0613 e. The van der Waals surface area contributed by atoms with Gasteiger partial charge in [-0.3, -0.25) is 0 Å². The van der Waals surface area contributed by atoms with Crippen LogP contribution in [0.3, 0.4) is 0 Å². The maximum absolute atomic E-state index is 9.64. The minimum Gasteiger partial charge on any atom is -0.394 e. The summed E-state index contributed by atoms with van der Waals surface area (Å²) >= 11 is 0. The highest BCUT2D eigenvalue weighted by atomic mass is 16.3. The van der Waals surface area contributed by atoms with Crippen molar-refractivity contribution in [3.05, 3.63) is 0 Å². The number of nitrogens with one attached hydrogen (secondary N) is 1. The second kappa shape index (κ2) is 6.49. The predicted octanol–water partition coefficient (Wildman–Crippen LogP) is 2.85. The largest absolute Gasteiger partial charge is 0.394 e. The molecule has 0 aromatic rings. The molecule has 0 bridgehead atoms. The highest BCUT2D eigenvalue weighted by Gasteiger charge is 2.30. The van der Waals surface area contributed by atoms with E-state index in [0.29, 0.717) is 12.6 Å². The molecule has 2 heteroatoms. The van der Waals surface area contributed by atoms with Gasteiger partial charge in [0.25, 0.3) is 0 Å². The molecule has 0 atom stereocenters. The van der Waals surface area contributed by atoms with Gasteiger partial charge in [-0.05, 0) is 25.7 Å². The van der Waals surface area contributed by atoms with Gasteiger partial charge in [-0.2, -0.15) is 0 Å². The van der Waals surface area contributed by atoms with Crippen molar-refractivity contribution in [2.45, 2.75) is 76.8 Å². The Hall–Kier alpha value is -0.0800. The van der Waals surface area contributed by atoms with Crippen LogP contribution in [0.5, 0.6) is 0 Å². The lowest BCUT2D eigenvalue weighted by molar-refractivity contribution is 0.127. The molecular formula is C13H27NO. The predicted molar refractivity (Wildman–Crippen MR) is 65.0 cm³/mol. The van der Waals surface area contributed by atoms with Crippen LogP contribution < -0.4 is 5.32 Å². The molecule has 0 saturated heterocycles. The van der Waals surface area contributed by atoms with Gasteiger partial charge in [-0.25, -0.2) is 0 Å². The first-order valence-electron chi connectivity index (χ1n) is 6.65. The van der Waals surface area contributed by atoms with Gasteiger partial charge in [0.15, 0.2) is 0 Å². The highest BCUT2D eigenvalue weighted by molar-refractivity contribution is 4.91. The second-order valence-electron chi connectivity index (χ2n) is 5.06. The van der Waals surface area contributed by atoms with Crippen LogP contribution in [-0.2, 0) is 0 Å². The first kappa shape index (κ1) is 13.0. The molecule has 1 aliphatic rings. The van der Waals surface area contributed by atoms with Crippen LogP contribution in [0, 0.1) is 0 Å². The van der Waals surface area contributed by atoms with E-state index in [1.54, 1.807) is 0 Å². The summed E-state index contributed by atoms with van der Waals surface area (Å²) in [6, 6.07) is 0.662. The Morgan fingerprint density at radius 2 is 1.67 bits per heavy atom. The quantitative estimate of drug-likeness (QED) is 0.681. The molecule has 1 saturated carbocycles. The fraction of sp³-hybridized carbons (Fsp3) is 1.00. The van der Waals surface area contributed by atoms with Gasteiger partial charge in [0, 0.05) is 11.6 Å². The van der Waals surface area contributed by atoms with E-state index in [1.807, 2.05) is 0 Å². The Kier molecular flexibility index (Phi) is 5.62. The first-order valence-corrected chi connectivity index (χ1v) is 6.65. The Balaban J connectivity index is 2.51. The molecule has 15 heavy (non-hydrogen) atoms. The van der Waals surface area contributed by atoms with Crippen LogP contribution in [-0.4, -0.2) is 23.3 Å². The average Bonchev–Trinajstić information content (AvgIpc) is 2.71. The normalized spacial score (nSPS) is 18.6. The Bertz CT molecular complexity index is 158. The number of aliphatic hydroxyl groups excluding tert-OH is 1. The minimum atomic E-state index is 0.0124. The Morgan fingerprint density at radius 1 is 1.13 bits per heavy atom. The summed E-state index contributed by atoms with van der Waals surface area (Å²) in [5.74, 6) is 0. The van der Waals surface area contributed by atoms with Crippen molar-refractivity contribution in [1.29, 1.82) is 0 Å². The van der Waals surface area contributed by atoms with Gasteiger partial charge in [0.05, 0.1) is 6.61 Å². The van der Waals surface area contributed by atoms with Crippen LogP contribution >= 0.6 is 0 Å². The Morgan fingerprint density at radius 3 is 2.07 bits per heavy atom. The highest BCUT2D eigenvalue weighted by Crippen LogP contribution is 2.25. The van der Waals surface area contributed by atoms with Crippen molar-refractivity contribution >= 4 is 0 Å². The molecule has 90 valence electrons. The molecule has 0 spiro atoms. The summed E-state index contributed by atoms with van der Waals surface area (Å²) in [5.41, 5.74) is 0.0124. The van der Waals surface area contributed by atoms with E-state index >= 15 is 0 Å². The molecule has 1 aliphatic carbocycles. The van der Waals surface area contributed by atoms with Crippen LogP contribution in [0.4, 0.5) is 0 Å². The molecule has 0 unspecified atom stereocenters. The van der Waals surface area contributed by atoms with Crippen molar-refractivity contribution in [3.63, 3.8) is 0 Å². The van der Waals surface area contributed by atoms with Crippen LogP contribution in [0.1, 0.15) is 65.2 Å². The Labute approximate surface area is 94.5 Å². The molecular weight excluding hydrogens is 186 g/mol. The standard InChI is InChI=1S/C13H27NO/c1-3-9-13(11-15,10-4-2)14-12-7-5-6-8-12/h12,14-15H,3-11H2,1-2H3. The molecule has 0 aromatic heterocycles. The summed E-state index contributed by atoms with van der Waals surface area (Å²) in [6.07, 6.45) is 9.83. The van der Waals surface area contributed by atoms with Gasteiger partial charge in [-0.15, -0.1) is 0 Å². The summed E-state index contributed by atoms with van der Waals surface area (Å²) < 4.78 is 0. The molecule has 2 nitrogen and oxygen atoms in total. The molecule has 0 amide bonds. The zero-order valence-corrected chi connectivity index (χ0v) is 10.4. The summed E-state index contributed by atoms with van der Waals surface area (Å²) in [5, 5.41) is 13.4. The van der Waals surface area contributed by atoms with Gasteiger partial charge < -0.3 is 10.4 Å². The van der Waals surface area contributed by atoms with Gasteiger partial charge in [0.1, 0.15) is 0 Å². The molecule has 0 aromatic carbocycles. The minimum absolute atomic E-state index is 0.0124. The number of hydrogen-bond acceptors (Lipinski definition) is 2. The summed E-state index contributed by atoms with van der Waals surface area (Å²) in [7, 11) is 0. The third-order valence-corrected chi connectivity index (χ3v) is 3.63. The molecule has 0 aliphatic heterocycles. The molecule has 0 radical (unpaired) electrons. The van der Waals surface area contributed by atoms with Gasteiger partial charge in [-0.1, -0.05) is 39.5 Å². The molecule has 0 heterocycles. The molecule has 1 fully saturated rings. The number of aliphatic hydroxyl groups is 1. The van der Waals surface area contributed by atoms with Gasteiger partial charge >= 0.3 is 0 Å². The van der Waals surface area contributed by atoms with Gasteiger partial charge in [0.2, 0.25) is 0 Å². The number of rotatable bonds is 7. The maximum atomic E-state index is 9.64. The third kappa shape index (κ3) is 3.76. The third-order valence-electron chi connectivity index (χ3n) is 3.63. The monoisotopic (exact) mass is 213 g/mol. The van der Waals surface area contributed by atoms with E-state index in [-0.39, 0.29) is 5.54 Å². The lowest BCUT2D eigenvalue weighted by Crippen LogP contribution is -2.52. The van der Waals surface area contributed by atoms with Crippen LogP contribution in [0.15, 0.2) is 0 Å². The zero-order chi connectivity index (χ0) is 11.1. The van der Waals surface area contributed by atoms with Crippen molar-refractivity contribution < 1.29 is 5.11 Å². The first-order chi connectivity index (χ1) is 7.26. The fourth-order valence-corrected chi connectivity index (χ4v) is 2.93. The summed E-state index contributed by atoms with van der Waals surface area (Å²) in [6.45, 7) is 4.71.